The first-order chi connectivity index (χ1) is 9.69. The lowest BCUT2D eigenvalue weighted by Crippen LogP contribution is -2.47. The Morgan fingerprint density at radius 2 is 2.05 bits per heavy atom. The van der Waals surface area contributed by atoms with E-state index in [2.05, 4.69) is 21.7 Å². The number of carbonyl (C=O) groups is 1. The molecule has 1 saturated heterocycles. The fraction of sp³-hybridized carbons (Fsp3) is 0.714. The van der Waals surface area contributed by atoms with Gasteiger partial charge in [0.15, 0.2) is 5.13 Å². The van der Waals surface area contributed by atoms with Crippen LogP contribution in [-0.4, -0.2) is 53.2 Å². The van der Waals surface area contributed by atoms with Crippen LogP contribution in [0.5, 0.6) is 0 Å². The first-order valence-electron chi connectivity index (χ1n) is 7.41. The molecule has 6 heteroatoms. The number of anilines is 1. The second-order valence-corrected chi connectivity index (χ2v) is 6.56. The number of carboxylic acids is 1. The highest BCUT2D eigenvalue weighted by Gasteiger charge is 2.32. The number of nitrogens with zero attached hydrogens (tertiary/aromatic N) is 3. The van der Waals surface area contributed by atoms with Gasteiger partial charge in [0.25, 0.3) is 0 Å². The molecule has 0 amide bonds. The zero-order chi connectivity index (χ0) is 14.1. The Kier molecular flexibility index (Phi) is 3.94. The highest BCUT2D eigenvalue weighted by molar-refractivity contribution is 7.17. The van der Waals surface area contributed by atoms with Crippen LogP contribution in [0.1, 0.15) is 41.6 Å². The molecule has 2 heterocycles. The van der Waals surface area contributed by atoms with Crippen LogP contribution in [0.4, 0.5) is 5.13 Å². The zero-order valence-electron chi connectivity index (χ0n) is 11.8. The van der Waals surface area contributed by atoms with Crippen molar-refractivity contribution in [2.75, 3.05) is 31.1 Å². The minimum Gasteiger partial charge on any atom is -0.477 e. The summed E-state index contributed by atoms with van der Waals surface area (Å²) in [6.07, 6.45) is 4.38. The van der Waals surface area contributed by atoms with Gasteiger partial charge in [0.1, 0.15) is 4.88 Å². The molecule has 3 rings (SSSR count). The summed E-state index contributed by atoms with van der Waals surface area (Å²) in [4.78, 5) is 21.1. The number of rotatable bonds is 5. The van der Waals surface area contributed by atoms with Gasteiger partial charge in [-0.1, -0.05) is 24.7 Å². The molecule has 5 nitrogen and oxygen atoms in total. The third kappa shape index (κ3) is 2.81. The van der Waals surface area contributed by atoms with E-state index in [4.69, 9.17) is 0 Å². The molecule has 20 heavy (non-hydrogen) atoms. The third-order valence-corrected chi connectivity index (χ3v) is 5.16. The Labute approximate surface area is 123 Å². The average molecular weight is 295 g/mol. The van der Waals surface area contributed by atoms with Crippen LogP contribution in [0.3, 0.4) is 0 Å². The van der Waals surface area contributed by atoms with Crippen LogP contribution in [0.15, 0.2) is 0 Å². The lowest BCUT2D eigenvalue weighted by Gasteiger charge is -2.34. The number of thiazole rings is 1. The molecule has 110 valence electrons. The maximum Gasteiger partial charge on any atom is 0.347 e. The maximum absolute atomic E-state index is 11.3. The van der Waals surface area contributed by atoms with Crippen molar-refractivity contribution in [1.82, 2.24) is 9.88 Å². The minimum absolute atomic E-state index is 0.423. The van der Waals surface area contributed by atoms with E-state index >= 15 is 0 Å². The molecule has 0 spiro atoms. The highest BCUT2D eigenvalue weighted by Crippen LogP contribution is 2.31. The number of aryl methyl sites for hydroxylation is 1. The van der Waals surface area contributed by atoms with Gasteiger partial charge in [-0.25, -0.2) is 9.78 Å². The van der Waals surface area contributed by atoms with E-state index < -0.39 is 5.97 Å². The molecule has 2 aliphatic rings. The summed E-state index contributed by atoms with van der Waals surface area (Å²) < 4.78 is 0. The van der Waals surface area contributed by atoms with E-state index in [1.807, 2.05) is 0 Å². The van der Waals surface area contributed by atoms with Crippen LogP contribution < -0.4 is 4.90 Å². The first kappa shape index (κ1) is 13.8. The molecule has 0 bridgehead atoms. The van der Waals surface area contributed by atoms with Gasteiger partial charge in [-0.2, -0.15) is 0 Å². The quantitative estimate of drug-likeness (QED) is 0.901. The van der Waals surface area contributed by atoms with Crippen LogP contribution in [-0.2, 0) is 6.42 Å². The molecular formula is C14H21N3O2S. The van der Waals surface area contributed by atoms with Gasteiger partial charge in [-0.15, -0.1) is 0 Å². The third-order valence-electron chi connectivity index (χ3n) is 4.02. The predicted molar refractivity (Wildman–Crippen MR) is 79.9 cm³/mol. The molecule has 0 unspecified atom stereocenters. The number of aromatic carboxylic acids is 1. The molecule has 1 aromatic rings. The molecule has 0 radical (unpaired) electrons. The SMILES string of the molecule is CCCc1nc(N2CCN(C3CC3)CC2)sc1C(=O)O. The number of hydrogen-bond acceptors (Lipinski definition) is 5. The standard InChI is InChI=1S/C14H21N3O2S/c1-2-3-11-12(13(18)19)20-14(15-11)17-8-6-16(7-9-17)10-4-5-10/h10H,2-9H2,1H3,(H,18,19). The van der Waals surface area contributed by atoms with E-state index in [9.17, 15) is 9.90 Å². The molecule has 2 fully saturated rings. The molecular weight excluding hydrogens is 274 g/mol. The first-order valence-corrected chi connectivity index (χ1v) is 8.22. The highest BCUT2D eigenvalue weighted by atomic mass is 32.1. The molecule has 0 atom stereocenters. The fourth-order valence-corrected chi connectivity index (χ4v) is 3.77. The Morgan fingerprint density at radius 1 is 1.35 bits per heavy atom. The average Bonchev–Trinajstić information content (AvgIpc) is 3.20. The Bertz CT molecular complexity index is 491. The van der Waals surface area contributed by atoms with Crippen molar-refractivity contribution >= 4 is 22.4 Å². The van der Waals surface area contributed by atoms with Crippen molar-refractivity contribution in [3.8, 4) is 0 Å². The Morgan fingerprint density at radius 3 is 2.60 bits per heavy atom. The largest absolute Gasteiger partial charge is 0.477 e. The number of hydrogen-bond donors (Lipinski definition) is 1. The molecule has 0 aromatic carbocycles. The minimum atomic E-state index is -0.839. The van der Waals surface area contributed by atoms with E-state index in [1.165, 1.54) is 24.2 Å². The van der Waals surface area contributed by atoms with Gasteiger partial charge in [-0.05, 0) is 19.3 Å². The second-order valence-electron chi connectivity index (χ2n) is 5.58. The molecule has 1 saturated carbocycles. The van der Waals surface area contributed by atoms with E-state index in [0.29, 0.717) is 4.88 Å². The van der Waals surface area contributed by atoms with Crippen LogP contribution in [0.2, 0.25) is 0 Å². The summed E-state index contributed by atoms with van der Waals surface area (Å²) in [6, 6.07) is 0.818. The molecule has 1 aromatic heterocycles. The summed E-state index contributed by atoms with van der Waals surface area (Å²) in [5.74, 6) is -0.839. The van der Waals surface area contributed by atoms with E-state index in [-0.39, 0.29) is 0 Å². The summed E-state index contributed by atoms with van der Waals surface area (Å²) in [6.45, 7) is 6.15. The normalized spacial score (nSPS) is 20.4. The van der Waals surface area contributed by atoms with Crippen molar-refractivity contribution in [2.45, 2.75) is 38.6 Å². The predicted octanol–water partition coefficient (Wildman–Crippen LogP) is 2.08. The number of aromatic nitrogens is 1. The number of piperazine rings is 1. The summed E-state index contributed by atoms with van der Waals surface area (Å²) in [5, 5.41) is 10.2. The maximum atomic E-state index is 11.3. The van der Waals surface area contributed by atoms with Crippen LogP contribution >= 0.6 is 11.3 Å². The molecule has 1 aliphatic carbocycles. The van der Waals surface area contributed by atoms with Gasteiger partial charge in [0.05, 0.1) is 5.69 Å². The van der Waals surface area contributed by atoms with Crippen molar-refractivity contribution in [1.29, 1.82) is 0 Å². The lowest BCUT2D eigenvalue weighted by atomic mass is 10.2. The second kappa shape index (κ2) is 5.69. The lowest BCUT2D eigenvalue weighted by molar-refractivity contribution is 0.0700. The number of carboxylic acid groups (broad SMARTS) is 1. The Hall–Kier alpha value is -1.14. The van der Waals surface area contributed by atoms with Crippen LogP contribution in [0.25, 0.3) is 0 Å². The summed E-state index contributed by atoms with van der Waals surface area (Å²) in [5.41, 5.74) is 0.754. The van der Waals surface area contributed by atoms with E-state index in [1.54, 1.807) is 0 Å². The van der Waals surface area contributed by atoms with Gasteiger partial charge in [0.2, 0.25) is 0 Å². The summed E-state index contributed by atoms with van der Waals surface area (Å²) >= 11 is 1.34. The van der Waals surface area contributed by atoms with Crippen molar-refractivity contribution in [3.63, 3.8) is 0 Å². The van der Waals surface area contributed by atoms with Crippen molar-refractivity contribution in [3.05, 3.63) is 10.6 Å². The zero-order valence-corrected chi connectivity index (χ0v) is 12.7. The fourth-order valence-electron chi connectivity index (χ4n) is 2.77. The molecule has 1 N–H and O–H groups in total. The van der Waals surface area contributed by atoms with Crippen LogP contribution in [0, 0.1) is 0 Å². The van der Waals surface area contributed by atoms with Gasteiger partial charge >= 0.3 is 5.97 Å². The van der Waals surface area contributed by atoms with Gasteiger partial charge < -0.3 is 10.0 Å². The van der Waals surface area contributed by atoms with Gasteiger partial charge in [0, 0.05) is 32.2 Å². The smallest absolute Gasteiger partial charge is 0.347 e. The molecule has 1 aliphatic heterocycles. The Balaban J connectivity index is 1.70. The van der Waals surface area contributed by atoms with Gasteiger partial charge in [-0.3, -0.25) is 4.90 Å². The van der Waals surface area contributed by atoms with Crippen molar-refractivity contribution < 1.29 is 9.90 Å². The monoisotopic (exact) mass is 295 g/mol. The topological polar surface area (TPSA) is 56.7 Å². The van der Waals surface area contributed by atoms with E-state index in [0.717, 1.165) is 55.9 Å². The van der Waals surface area contributed by atoms with Crippen molar-refractivity contribution in [2.24, 2.45) is 0 Å². The summed E-state index contributed by atoms with van der Waals surface area (Å²) in [7, 11) is 0.